The first kappa shape index (κ1) is 19.8. The van der Waals surface area contributed by atoms with Crippen molar-refractivity contribution >= 4 is 6.03 Å². The number of hydrogen-bond donors (Lipinski definition) is 1. The highest BCUT2D eigenvalue weighted by atomic mass is 16.2. The zero-order valence-electron chi connectivity index (χ0n) is 16.4. The molecule has 2 rings (SSSR count). The van der Waals surface area contributed by atoms with Gasteiger partial charge in [0.05, 0.1) is 0 Å². The van der Waals surface area contributed by atoms with Gasteiger partial charge in [0, 0.05) is 26.2 Å². The van der Waals surface area contributed by atoms with Crippen LogP contribution < -0.4 is 5.32 Å². The van der Waals surface area contributed by atoms with E-state index in [9.17, 15) is 4.79 Å². The smallest absolute Gasteiger partial charge is 0.317 e. The highest BCUT2D eigenvalue weighted by Gasteiger charge is 2.25. The van der Waals surface area contributed by atoms with Crippen LogP contribution in [0.4, 0.5) is 4.79 Å². The summed E-state index contributed by atoms with van der Waals surface area (Å²) in [5.41, 5.74) is 2.48. The van der Waals surface area contributed by atoms with Crippen LogP contribution in [0.25, 0.3) is 0 Å². The molecule has 25 heavy (non-hydrogen) atoms. The van der Waals surface area contributed by atoms with Gasteiger partial charge >= 0.3 is 6.03 Å². The molecule has 140 valence electrons. The standard InChI is InChI=1S/C21H35N3O/c1-5-24(6-2)16-19-12-10-18(11-13-19)15-22-21(25)23(4)20-9-7-8-17(3)14-20/h10-13,17,20H,5-9,14-16H2,1-4H3,(H,22,25). The third-order valence-corrected chi connectivity index (χ3v) is 5.54. The molecule has 2 amide bonds. The molecular weight excluding hydrogens is 310 g/mol. The molecule has 0 spiro atoms. The minimum Gasteiger partial charge on any atom is -0.334 e. The Labute approximate surface area is 153 Å². The number of carbonyl (C=O) groups is 1. The summed E-state index contributed by atoms with van der Waals surface area (Å²) in [5, 5.41) is 3.07. The van der Waals surface area contributed by atoms with Crippen LogP contribution in [0, 0.1) is 5.92 Å². The van der Waals surface area contributed by atoms with Crippen LogP contribution in [0.3, 0.4) is 0 Å². The van der Waals surface area contributed by atoms with E-state index in [1.54, 1.807) is 0 Å². The molecular formula is C21H35N3O. The van der Waals surface area contributed by atoms with Crippen molar-refractivity contribution in [3.63, 3.8) is 0 Å². The summed E-state index contributed by atoms with van der Waals surface area (Å²) in [4.78, 5) is 16.7. The van der Waals surface area contributed by atoms with Crippen LogP contribution in [-0.2, 0) is 13.1 Å². The molecule has 0 saturated heterocycles. The second kappa shape index (κ2) is 9.81. The van der Waals surface area contributed by atoms with Gasteiger partial charge in [0.15, 0.2) is 0 Å². The summed E-state index contributed by atoms with van der Waals surface area (Å²) in [5.74, 6) is 0.729. The average molecular weight is 346 g/mol. The van der Waals surface area contributed by atoms with Crippen molar-refractivity contribution in [3.05, 3.63) is 35.4 Å². The van der Waals surface area contributed by atoms with Gasteiger partial charge in [0.1, 0.15) is 0 Å². The predicted molar refractivity (Wildman–Crippen MR) is 104 cm³/mol. The lowest BCUT2D eigenvalue weighted by atomic mass is 9.86. The lowest BCUT2D eigenvalue weighted by Gasteiger charge is -2.34. The number of amides is 2. The van der Waals surface area contributed by atoms with Gasteiger partial charge in [-0.05, 0) is 43.0 Å². The minimum atomic E-state index is 0.0475. The highest BCUT2D eigenvalue weighted by Crippen LogP contribution is 2.26. The molecule has 1 fully saturated rings. The van der Waals surface area contributed by atoms with Gasteiger partial charge in [-0.15, -0.1) is 0 Å². The van der Waals surface area contributed by atoms with Gasteiger partial charge in [-0.25, -0.2) is 4.79 Å². The number of hydrogen-bond acceptors (Lipinski definition) is 2. The van der Waals surface area contributed by atoms with Gasteiger partial charge in [0.25, 0.3) is 0 Å². The third kappa shape index (κ3) is 6.03. The highest BCUT2D eigenvalue weighted by molar-refractivity contribution is 5.74. The fourth-order valence-electron chi connectivity index (χ4n) is 3.69. The number of benzene rings is 1. The fraction of sp³-hybridized carbons (Fsp3) is 0.667. The Bertz CT molecular complexity index is 524. The van der Waals surface area contributed by atoms with E-state index in [1.807, 2.05) is 11.9 Å². The molecule has 1 N–H and O–H groups in total. The number of nitrogens with zero attached hydrogens (tertiary/aromatic N) is 2. The molecule has 0 aliphatic heterocycles. The van der Waals surface area contributed by atoms with Crippen molar-refractivity contribution < 1.29 is 4.79 Å². The second-order valence-electron chi connectivity index (χ2n) is 7.47. The summed E-state index contributed by atoms with van der Waals surface area (Å²) in [7, 11) is 1.94. The molecule has 0 aromatic heterocycles. The van der Waals surface area contributed by atoms with Gasteiger partial charge in [0.2, 0.25) is 0 Å². The molecule has 0 heterocycles. The molecule has 4 heteroatoms. The van der Waals surface area contributed by atoms with Crippen LogP contribution in [-0.4, -0.2) is 42.0 Å². The first-order valence-corrected chi connectivity index (χ1v) is 9.84. The SMILES string of the molecule is CCN(CC)Cc1ccc(CNC(=O)N(C)C2CCCC(C)C2)cc1. The van der Waals surface area contributed by atoms with Crippen LogP contribution in [0.5, 0.6) is 0 Å². The first-order chi connectivity index (χ1) is 12.0. The van der Waals surface area contributed by atoms with Crippen LogP contribution in [0.15, 0.2) is 24.3 Å². The third-order valence-electron chi connectivity index (χ3n) is 5.54. The predicted octanol–water partition coefficient (Wildman–Crippen LogP) is 4.25. The molecule has 0 bridgehead atoms. The van der Waals surface area contributed by atoms with Crippen LogP contribution >= 0.6 is 0 Å². The quantitative estimate of drug-likeness (QED) is 0.802. The van der Waals surface area contributed by atoms with Gasteiger partial charge in [-0.3, -0.25) is 4.90 Å². The Kier molecular flexibility index (Phi) is 7.76. The van der Waals surface area contributed by atoms with Crippen LogP contribution in [0.2, 0.25) is 0 Å². The minimum absolute atomic E-state index is 0.0475. The van der Waals surface area contributed by atoms with Gasteiger partial charge in [-0.1, -0.05) is 57.9 Å². The number of rotatable bonds is 7. The Hall–Kier alpha value is -1.55. The fourth-order valence-corrected chi connectivity index (χ4v) is 3.69. The summed E-state index contributed by atoms with van der Waals surface area (Å²) in [6.07, 6.45) is 4.79. The van der Waals surface area contributed by atoms with E-state index in [2.05, 4.69) is 55.3 Å². The first-order valence-electron chi connectivity index (χ1n) is 9.84. The molecule has 1 aliphatic carbocycles. The van der Waals surface area contributed by atoms with E-state index in [0.29, 0.717) is 12.6 Å². The monoisotopic (exact) mass is 345 g/mol. The van der Waals surface area contributed by atoms with Crippen molar-refractivity contribution in [3.8, 4) is 0 Å². The zero-order valence-corrected chi connectivity index (χ0v) is 16.4. The Morgan fingerprint density at radius 1 is 1.12 bits per heavy atom. The topological polar surface area (TPSA) is 35.6 Å². The normalized spacial score (nSPS) is 20.5. The van der Waals surface area contributed by atoms with E-state index in [4.69, 9.17) is 0 Å². The molecule has 1 aromatic carbocycles. The number of nitrogens with one attached hydrogen (secondary N) is 1. The van der Waals surface area contributed by atoms with E-state index < -0.39 is 0 Å². The van der Waals surface area contributed by atoms with Crippen LogP contribution in [0.1, 0.15) is 57.6 Å². The molecule has 0 radical (unpaired) electrons. The maximum Gasteiger partial charge on any atom is 0.317 e. The Morgan fingerprint density at radius 3 is 2.36 bits per heavy atom. The average Bonchev–Trinajstić information content (AvgIpc) is 2.64. The van der Waals surface area contributed by atoms with Gasteiger partial charge < -0.3 is 10.2 Å². The van der Waals surface area contributed by atoms with Crippen molar-refractivity contribution in [2.45, 2.75) is 65.6 Å². The molecule has 2 unspecified atom stereocenters. The van der Waals surface area contributed by atoms with E-state index >= 15 is 0 Å². The van der Waals surface area contributed by atoms with Gasteiger partial charge in [-0.2, -0.15) is 0 Å². The Morgan fingerprint density at radius 2 is 1.76 bits per heavy atom. The summed E-state index contributed by atoms with van der Waals surface area (Å²) in [6, 6.07) is 9.04. The molecule has 1 aliphatic rings. The maximum atomic E-state index is 12.4. The number of urea groups is 1. The van der Waals surface area contributed by atoms with Crippen molar-refractivity contribution in [1.82, 2.24) is 15.1 Å². The molecule has 2 atom stereocenters. The maximum absolute atomic E-state index is 12.4. The second-order valence-corrected chi connectivity index (χ2v) is 7.47. The summed E-state index contributed by atoms with van der Waals surface area (Å²) >= 11 is 0. The lowest BCUT2D eigenvalue weighted by molar-refractivity contribution is 0.160. The summed E-state index contributed by atoms with van der Waals surface area (Å²) < 4.78 is 0. The largest absolute Gasteiger partial charge is 0.334 e. The van der Waals surface area contributed by atoms with E-state index in [0.717, 1.165) is 44.0 Å². The van der Waals surface area contributed by atoms with Crippen molar-refractivity contribution in [1.29, 1.82) is 0 Å². The summed E-state index contributed by atoms with van der Waals surface area (Å²) in [6.45, 7) is 10.4. The van der Waals surface area contributed by atoms with Crippen molar-refractivity contribution in [2.24, 2.45) is 5.92 Å². The lowest BCUT2D eigenvalue weighted by Crippen LogP contribution is -2.45. The van der Waals surface area contributed by atoms with E-state index in [-0.39, 0.29) is 6.03 Å². The molecule has 1 aromatic rings. The van der Waals surface area contributed by atoms with Crippen molar-refractivity contribution in [2.75, 3.05) is 20.1 Å². The van der Waals surface area contributed by atoms with E-state index in [1.165, 1.54) is 18.4 Å². The zero-order chi connectivity index (χ0) is 18.2. The Balaban J connectivity index is 1.81. The molecule has 4 nitrogen and oxygen atoms in total. The number of carbonyl (C=O) groups excluding carboxylic acids is 1. The molecule has 1 saturated carbocycles.